The average Bonchev–Trinajstić information content (AvgIpc) is 2.87. The maximum atomic E-state index is 11.8. The summed E-state index contributed by atoms with van der Waals surface area (Å²) in [6, 6.07) is 1.82. The van der Waals surface area contributed by atoms with Crippen molar-refractivity contribution in [2.75, 3.05) is 11.9 Å². The molecule has 0 aliphatic carbocycles. The first-order valence-corrected chi connectivity index (χ1v) is 5.80. The fourth-order valence-electron chi connectivity index (χ4n) is 1.05. The van der Waals surface area contributed by atoms with E-state index in [4.69, 9.17) is 0 Å². The fraction of sp³-hybridized carbons (Fsp3) is 0.111. The summed E-state index contributed by atoms with van der Waals surface area (Å²) in [6.45, 7) is 0. The van der Waals surface area contributed by atoms with Crippen LogP contribution in [0.15, 0.2) is 28.5 Å². The predicted octanol–water partition coefficient (Wildman–Crippen LogP) is 2.48. The van der Waals surface area contributed by atoms with E-state index in [1.165, 1.54) is 22.7 Å². The van der Waals surface area contributed by atoms with Gasteiger partial charge in [-0.25, -0.2) is 0 Å². The molecule has 2 aromatic heterocycles. The highest BCUT2D eigenvalue weighted by atomic mass is 32.1. The van der Waals surface area contributed by atoms with Gasteiger partial charge in [0.05, 0.1) is 17.3 Å². The van der Waals surface area contributed by atoms with Crippen molar-refractivity contribution in [2.45, 2.75) is 0 Å². The van der Waals surface area contributed by atoms with Gasteiger partial charge in [0.15, 0.2) is 0 Å². The highest BCUT2D eigenvalue weighted by molar-refractivity contribution is 7.14. The molecule has 0 saturated heterocycles. The second kappa shape index (κ2) is 3.89. The van der Waals surface area contributed by atoms with Crippen LogP contribution in [0.3, 0.4) is 0 Å². The number of hydrogen-bond acceptors (Lipinski definition) is 4. The van der Waals surface area contributed by atoms with Crippen LogP contribution >= 0.6 is 22.7 Å². The highest BCUT2D eigenvalue weighted by Gasteiger charge is 2.14. The molecule has 0 aromatic carbocycles. The van der Waals surface area contributed by atoms with Gasteiger partial charge in [0.25, 0.3) is 5.91 Å². The zero-order valence-electron chi connectivity index (χ0n) is 7.51. The van der Waals surface area contributed by atoms with Gasteiger partial charge < -0.3 is 4.90 Å². The maximum absolute atomic E-state index is 11.8. The maximum Gasteiger partial charge on any atom is 0.259 e. The lowest BCUT2D eigenvalue weighted by molar-refractivity contribution is 0.0994. The number of nitrogens with zero attached hydrogens (tertiary/aromatic N) is 2. The molecule has 5 heteroatoms. The summed E-state index contributed by atoms with van der Waals surface area (Å²) in [5.41, 5.74) is 2.44. The van der Waals surface area contributed by atoms with Crippen LogP contribution in [-0.4, -0.2) is 17.9 Å². The monoisotopic (exact) mass is 224 g/mol. The molecule has 0 unspecified atom stereocenters. The van der Waals surface area contributed by atoms with Gasteiger partial charge in [-0.15, -0.1) is 11.3 Å². The second-order valence-corrected chi connectivity index (χ2v) is 4.36. The molecule has 1 amide bonds. The third kappa shape index (κ3) is 1.69. The molecule has 72 valence electrons. The van der Waals surface area contributed by atoms with Crippen LogP contribution in [-0.2, 0) is 0 Å². The topological polar surface area (TPSA) is 33.2 Å². The molecule has 0 spiro atoms. The molecular weight excluding hydrogens is 216 g/mol. The zero-order chi connectivity index (χ0) is 9.97. The normalized spacial score (nSPS) is 10.1. The Morgan fingerprint density at radius 3 is 3.00 bits per heavy atom. The Balaban J connectivity index is 2.21. The van der Waals surface area contributed by atoms with Crippen molar-refractivity contribution in [3.05, 3.63) is 34.1 Å². The second-order valence-electron chi connectivity index (χ2n) is 2.72. The Hall–Kier alpha value is -1.20. The number of thiazole rings is 1. The van der Waals surface area contributed by atoms with Gasteiger partial charge in [-0.2, -0.15) is 11.3 Å². The molecule has 0 aliphatic heterocycles. The van der Waals surface area contributed by atoms with E-state index >= 15 is 0 Å². The van der Waals surface area contributed by atoms with Crippen molar-refractivity contribution in [3.8, 4) is 0 Å². The first-order chi connectivity index (χ1) is 6.79. The number of hydrogen-bond donors (Lipinski definition) is 0. The Morgan fingerprint density at radius 2 is 2.43 bits per heavy atom. The molecule has 0 fully saturated rings. The number of carbonyl (C=O) groups is 1. The van der Waals surface area contributed by atoms with Crippen LogP contribution in [0.5, 0.6) is 0 Å². The highest BCUT2D eigenvalue weighted by Crippen LogP contribution is 2.20. The Kier molecular flexibility index (Phi) is 2.60. The van der Waals surface area contributed by atoms with Gasteiger partial charge in [-0.05, 0) is 11.4 Å². The minimum absolute atomic E-state index is 0.00972. The lowest BCUT2D eigenvalue weighted by Gasteiger charge is -2.12. The average molecular weight is 224 g/mol. The summed E-state index contributed by atoms with van der Waals surface area (Å²) in [5.74, 6) is 0.00972. The third-order valence-corrected chi connectivity index (χ3v) is 3.35. The summed E-state index contributed by atoms with van der Waals surface area (Å²) in [7, 11) is 1.76. The van der Waals surface area contributed by atoms with Gasteiger partial charge in [-0.3, -0.25) is 9.78 Å². The van der Waals surface area contributed by atoms with Gasteiger partial charge in [-0.1, -0.05) is 0 Å². The zero-order valence-corrected chi connectivity index (χ0v) is 9.14. The molecule has 0 bridgehead atoms. The van der Waals surface area contributed by atoms with Crippen LogP contribution in [0.1, 0.15) is 10.4 Å². The molecule has 2 aromatic rings. The summed E-state index contributed by atoms with van der Waals surface area (Å²) in [5, 5.41) is 4.61. The number of thiophene rings is 1. The molecule has 2 rings (SSSR count). The van der Waals surface area contributed by atoms with Crippen molar-refractivity contribution in [2.24, 2.45) is 0 Å². The summed E-state index contributed by atoms with van der Waals surface area (Å²) in [4.78, 5) is 17.4. The minimum Gasteiger partial charge on any atom is -0.301 e. The van der Waals surface area contributed by atoms with E-state index in [2.05, 4.69) is 4.98 Å². The first kappa shape index (κ1) is 9.36. The number of amides is 1. The third-order valence-electron chi connectivity index (χ3n) is 1.82. The van der Waals surface area contributed by atoms with Crippen LogP contribution in [0, 0.1) is 0 Å². The lowest BCUT2D eigenvalue weighted by Crippen LogP contribution is -2.24. The number of aromatic nitrogens is 1. The minimum atomic E-state index is 0.00972. The molecule has 3 nitrogen and oxygen atoms in total. The quantitative estimate of drug-likeness (QED) is 0.785. The smallest absolute Gasteiger partial charge is 0.259 e. The van der Waals surface area contributed by atoms with E-state index in [-0.39, 0.29) is 5.91 Å². The summed E-state index contributed by atoms with van der Waals surface area (Å²) >= 11 is 2.98. The lowest BCUT2D eigenvalue weighted by atomic mass is 10.3. The number of carbonyl (C=O) groups excluding carboxylic acids is 1. The summed E-state index contributed by atoms with van der Waals surface area (Å²) in [6.07, 6.45) is 1.69. The van der Waals surface area contributed by atoms with Crippen molar-refractivity contribution in [1.82, 2.24) is 4.98 Å². The SMILES string of the molecule is CN(C(=O)c1ccsc1)c1cncs1. The van der Waals surface area contributed by atoms with Crippen molar-refractivity contribution < 1.29 is 4.79 Å². The predicted molar refractivity (Wildman–Crippen MR) is 59.2 cm³/mol. The fourth-order valence-corrected chi connectivity index (χ4v) is 2.28. The largest absolute Gasteiger partial charge is 0.301 e. The molecule has 0 saturated carbocycles. The number of anilines is 1. The molecule has 0 N–H and O–H groups in total. The van der Waals surface area contributed by atoms with Crippen molar-refractivity contribution in [3.63, 3.8) is 0 Å². The van der Waals surface area contributed by atoms with Crippen molar-refractivity contribution >= 4 is 33.6 Å². The molecular formula is C9H8N2OS2. The Bertz CT molecular complexity index is 408. The van der Waals surface area contributed by atoms with E-state index in [1.54, 1.807) is 23.7 Å². The van der Waals surface area contributed by atoms with Crippen LogP contribution in [0.4, 0.5) is 5.00 Å². The van der Waals surface area contributed by atoms with Gasteiger partial charge in [0.1, 0.15) is 5.00 Å². The van der Waals surface area contributed by atoms with Gasteiger partial charge >= 0.3 is 0 Å². The Morgan fingerprint density at radius 1 is 1.57 bits per heavy atom. The van der Waals surface area contributed by atoms with Gasteiger partial charge in [0, 0.05) is 12.4 Å². The Labute approximate surface area is 89.6 Å². The van der Waals surface area contributed by atoms with E-state index in [9.17, 15) is 4.79 Å². The van der Waals surface area contributed by atoms with Gasteiger partial charge in [0.2, 0.25) is 0 Å². The van der Waals surface area contributed by atoms with Crippen LogP contribution in [0.25, 0.3) is 0 Å². The molecule has 0 atom stereocenters. The molecule has 2 heterocycles. The summed E-state index contributed by atoms with van der Waals surface area (Å²) < 4.78 is 0. The van der Waals surface area contributed by atoms with E-state index in [0.717, 1.165) is 10.6 Å². The molecule has 0 radical (unpaired) electrons. The van der Waals surface area contributed by atoms with E-state index in [1.807, 2.05) is 16.8 Å². The van der Waals surface area contributed by atoms with E-state index in [0.29, 0.717) is 0 Å². The van der Waals surface area contributed by atoms with Crippen molar-refractivity contribution in [1.29, 1.82) is 0 Å². The van der Waals surface area contributed by atoms with Crippen LogP contribution < -0.4 is 4.90 Å². The molecule has 14 heavy (non-hydrogen) atoms. The first-order valence-electron chi connectivity index (χ1n) is 3.98. The van der Waals surface area contributed by atoms with E-state index < -0.39 is 0 Å². The van der Waals surface area contributed by atoms with Crippen LogP contribution in [0.2, 0.25) is 0 Å². The molecule has 0 aliphatic rings. The standard InChI is InChI=1S/C9H8N2OS2/c1-11(8-4-10-6-14-8)9(12)7-2-3-13-5-7/h2-6H,1H3. The number of rotatable bonds is 2.